The van der Waals surface area contributed by atoms with Crippen molar-refractivity contribution in [3.8, 4) is 5.75 Å². The quantitative estimate of drug-likeness (QED) is 0.517. The minimum atomic E-state index is -0.0408. The maximum atomic E-state index is 12.5. The lowest BCUT2D eigenvalue weighted by atomic mass is 10.1. The number of benzene rings is 2. The highest BCUT2D eigenvalue weighted by atomic mass is 32.2. The average Bonchev–Trinajstić information content (AvgIpc) is 2.66. The molecule has 0 aliphatic heterocycles. The second kappa shape index (κ2) is 10.0. The zero-order chi connectivity index (χ0) is 18.9. The second-order valence-electron chi connectivity index (χ2n) is 5.98. The molecule has 0 bridgehead atoms. The summed E-state index contributed by atoms with van der Waals surface area (Å²) < 4.78 is 5.43. The summed E-state index contributed by atoms with van der Waals surface area (Å²) in [5, 5.41) is 3.02. The lowest BCUT2D eigenvalue weighted by Gasteiger charge is -2.26. The van der Waals surface area contributed by atoms with E-state index in [0.29, 0.717) is 6.54 Å². The van der Waals surface area contributed by atoms with E-state index >= 15 is 0 Å². The molecule has 0 radical (unpaired) electrons. The first-order chi connectivity index (χ1) is 12.6. The van der Waals surface area contributed by atoms with Gasteiger partial charge in [0.2, 0.25) is 5.91 Å². The molecular formula is C21H26N2O2S. The molecule has 26 heavy (non-hydrogen) atoms. The Kier molecular flexibility index (Phi) is 7.75. The summed E-state index contributed by atoms with van der Waals surface area (Å²) in [4.78, 5) is 15.6. The molecular weight excluding hydrogens is 344 g/mol. The molecule has 5 heteroatoms. The van der Waals surface area contributed by atoms with Gasteiger partial charge in [-0.25, -0.2) is 0 Å². The van der Waals surface area contributed by atoms with Gasteiger partial charge in [-0.15, -0.1) is 18.3 Å². The Labute approximate surface area is 160 Å². The van der Waals surface area contributed by atoms with E-state index in [1.165, 1.54) is 0 Å². The predicted molar refractivity (Wildman–Crippen MR) is 110 cm³/mol. The molecule has 138 valence electrons. The van der Waals surface area contributed by atoms with E-state index in [2.05, 4.69) is 18.8 Å². The number of hydrogen-bond donors (Lipinski definition) is 1. The van der Waals surface area contributed by atoms with Crippen molar-refractivity contribution in [2.45, 2.75) is 17.9 Å². The van der Waals surface area contributed by atoms with Crippen LogP contribution in [0.5, 0.6) is 5.75 Å². The Balaban J connectivity index is 2.02. The van der Waals surface area contributed by atoms with Crippen molar-refractivity contribution in [2.24, 2.45) is 0 Å². The van der Waals surface area contributed by atoms with Crippen LogP contribution in [0.15, 0.2) is 66.1 Å². The Morgan fingerprint density at radius 3 is 2.69 bits per heavy atom. The van der Waals surface area contributed by atoms with Crippen LogP contribution in [-0.4, -0.2) is 37.3 Å². The average molecular weight is 371 g/mol. The van der Waals surface area contributed by atoms with E-state index in [4.69, 9.17) is 4.74 Å². The number of amides is 1. The monoisotopic (exact) mass is 370 g/mol. The van der Waals surface area contributed by atoms with Gasteiger partial charge in [0.15, 0.2) is 0 Å². The van der Waals surface area contributed by atoms with Gasteiger partial charge in [0.25, 0.3) is 0 Å². The third-order valence-electron chi connectivity index (χ3n) is 4.16. The normalized spacial score (nSPS) is 11.8. The van der Waals surface area contributed by atoms with Gasteiger partial charge in [0.1, 0.15) is 5.75 Å². The number of nitrogens with one attached hydrogen (secondary N) is 1. The molecule has 1 atom stereocenters. The first kappa shape index (κ1) is 20.1. The predicted octanol–water partition coefficient (Wildman–Crippen LogP) is 4.60. The van der Waals surface area contributed by atoms with Crippen LogP contribution in [0.1, 0.15) is 18.5 Å². The summed E-state index contributed by atoms with van der Waals surface area (Å²) in [5.74, 6) is 1.59. The second-order valence-corrected chi connectivity index (χ2v) is 7.04. The van der Waals surface area contributed by atoms with Gasteiger partial charge >= 0.3 is 0 Å². The number of rotatable bonds is 9. The van der Waals surface area contributed by atoms with E-state index in [0.717, 1.165) is 27.6 Å². The van der Waals surface area contributed by atoms with Crippen molar-refractivity contribution in [3.05, 3.63) is 66.7 Å². The SMILES string of the molecule is C=CCSc1ccccc1NC(=O)CN(C)C(C)c1ccccc1OC. The zero-order valence-electron chi connectivity index (χ0n) is 15.6. The Bertz CT molecular complexity index is 748. The van der Waals surface area contributed by atoms with Gasteiger partial charge in [-0.1, -0.05) is 36.4 Å². The van der Waals surface area contributed by atoms with Crippen molar-refractivity contribution in [2.75, 3.05) is 31.8 Å². The van der Waals surface area contributed by atoms with Crippen molar-refractivity contribution >= 4 is 23.4 Å². The number of likely N-dealkylation sites (N-methyl/N-ethyl adjacent to an activating group) is 1. The smallest absolute Gasteiger partial charge is 0.238 e. The molecule has 4 nitrogen and oxygen atoms in total. The lowest BCUT2D eigenvalue weighted by Crippen LogP contribution is -2.32. The maximum absolute atomic E-state index is 12.5. The van der Waals surface area contributed by atoms with E-state index in [1.54, 1.807) is 18.9 Å². The lowest BCUT2D eigenvalue weighted by molar-refractivity contribution is -0.117. The minimum Gasteiger partial charge on any atom is -0.496 e. The van der Waals surface area contributed by atoms with Crippen LogP contribution in [0, 0.1) is 0 Å². The molecule has 0 saturated carbocycles. The Hall–Kier alpha value is -2.24. The topological polar surface area (TPSA) is 41.6 Å². The van der Waals surface area contributed by atoms with Crippen LogP contribution in [0.2, 0.25) is 0 Å². The summed E-state index contributed by atoms with van der Waals surface area (Å²) in [6.07, 6.45) is 1.85. The Morgan fingerprint density at radius 1 is 1.27 bits per heavy atom. The standard InChI is InChI=1S/C21H26N2O2S/c1-5-14-26-20-13-9-7-11-18(20)22-21(24)15-23(3)16(2)17-10-6-8-12-19(17)25-4/h5-13,16H,1,14-15H2,2-4H3,(H,22,24). The van der Waals surface area contributed by atoms with Crippen LogP contribution >= 0.6 is 11.8 Å². The molecule has 0 aromatic heterocycles. The molecule has 1 unspecified atom stereocenters. The molecule has 2 rings (SSSR count). The van der Waals surface area contributed by atoms with Crippen molar-refractivity contribution in [1.29, 1.82) is 0 Å². The molecule has 0 heterocycles. The van der Waals surface area contributed by atoms with Gasteiger partial charge in [0, 0.05) is 22.3 Å². The highest BCUT2D eigenvalue weighted by Gasteiger charge is 2.18. The van der Waals surface area contributed by atoms with Gasteiger partial charge in [-0.05, 0) is 32.2 Å². The van der Waals surface area contributed by atoms with Gasteiger partial charge in [-0.3, -0.25) is 9.69 Å². The number of carbonyl (C=O) groups is 1. The number of methoxy groups -OCH3 is 1. The molecule has 0 fully saturated rings. The number of anilines is 1. The van der Waals surface area contributed by atoms with E-state index < -0.39 is 0 Å². The molecule has 0 aliphatic carbocycles. The first-order valence-electron chi connectivity index (χ1n) is 8.52. The molecule has 1 amide bonds. The number of hydrogen-bond acceptors (Lipinski definition) is 4. The number of carbonyl (C=O) groups excluding carboxylic acids is 1. The molecule has 0 spiro atoms. The van der Waals surface area contributed by atoms with Crippen LogP contribution in [0.3, 0.4) is 0 Å². The zero-order valence-corrected chi connectivity index (χ0v) is 16.4. The highest BCUT2D eigenvalue weighted by Crippen LogP contribution is 2.29. The molecule has 2 aromatic rings. The van der Waals surface area contributed by atoms with Crippen LogP contribution in [0.4, 0.5) is 5.69 Å². The largest absolute Gasteiger partial charge is 0.496 e. The summed E-state index contributed by atoms with van der Waals surface area (Å²) in [7, 11) is 3.60. The summed E-state index contributed by atoms with van der Waals surface area (Å²) in [6, 6.07) is 15.8. The summed E-state index contributed by atoms with van der Waals surface area (Å²) in [5.41, 5.74) is 1.90. The van der Waals surface area contributed by atoms with Crippen molar-refractivity contribution < 1.29 is 9.53 Å². The van der Waals surface area contributed by atoms with Gasteiger partial charge < -0.3 is 10.1 Å². The number of thioether (sulfide) groups is 1. The fraction of sp³-hybridized carbons (Fsp3) is 0.286. The fourth-order valence-corrected chi connectivity index (χ4v) is 3.39. The van der Waals surface area contributed by atoms with Gasteiger partial charge in [0.05, 0.1) is 19.3 Å². The molecule has 0 aliphatic rings. The van der Waals surface area contributed by atoms with Crippen LogP contribution in [0.25, 0.3) is 0 Å². The highest BCUT2D eigenvalue weighted by molar-refractivity contribution is 7.99. The third kappa shape index (κ3) is 5.38. The third-order valence-corrected chi connectivity index (χ3v) is 5.23. The molecule has 1 N–H and O–H groups in total. The summed E-state index contributed by atoms with van der Waals surface area (Å²) in [6.45, 7) is 6.10. The number of ether oxygens (including phenoxy) is 1. The first-order valence-corrected chi connectivity index (χ1v) is 9.51. The fourth-order valence-electron chi connectivity index (χ4n) is 2.65. The van der Waals surface area contributed by atoms with Gasteiger partial charge in [-0.2, -0.15) is 0 Å². The van der Waals surface area contributed by atoms with Crippen LogP contribution < -0.4 is 10.1 Å². The Morgan fingerprint density at radius 2 is 1.96 bits per heavy atom. The number of para-hydroxylation sites is 2. The van der Waals surface area contributed by atoms with Crippen molar-refractivity contribution in [3.63, 3.8) is 0 Å². The van der Waals surface area contributed by atoms with E-state index in [-0.39, 0.29) is 11.9 Å². The van der Waals surface area contributed by atoms with Crippen molar-refractivity contribution in [1.82, 2.24) is 4.90 Å². The summed E-state index contributed by atoms with van der Waals surface area (Å²) >= 11 is 1.65. The molecule has 0 saturated heterocycles. The number of nitrogens with zero attached hydrogens (tertiary/aromatic N) is 1. The maximum Gasteiger partial charge on any atom is 0.238 e. The molecule has 2 aromatic carbocycles. The van der Waals surface area contributed by atoms with Crippen LogP contribution in [-0.2, 0) is 4.79 Å². The minimum absolute atomic E-state index is 0.0408. The van der Waals surface area contributed by atoms with E-state index in [1.807, 2.05) is 66.6 Å². The van der Waals surface area contributed by atoms with E-state index in [9.17, 15) is 4.79 Å².